The Morgan fingerprint density at radius 3 is 2.17 bits per heavy atom. The maximum Gasteiger partial charge on any atom is 0.239 e. The number of hydrogen-bond donors (Lipinski definition) is 1. The molecule has 1 fully saturated rings. The number of hydrogen-bond acceptors (Lipinski definition) is 5. The van der Waals surface area contributed by atoms with Crippen LogP contribution >= 0.6 is 0 Å². The normalized spacial score (nSPS) is 16.6. The smallest absolute Gasteiger partial charge is 0.239 e. The van der Waals surface area contributed by atoms with Crippen LogP contribution in [0.2, 0.25) is 0 Å². The third-order valence-electron chi connectivity index (χ3n) is 5.37. The Kier molecular flexibility index (Phi) is 7.05. The zero-order chi connectivity index (χ0) is 20.9. The van der Waals surface area contributed by atoms with Gasteiger partial charge in [0.1, 0.15) is 0 Å². The predicted molar refractivity (Wildman–Crippen MR) is 114 cm³/mol. The molecule has 2 aromatic carbocycles. The predicted octanol–water partition coefficient (Wildman–Crippen LogP) is 1.69. The summed E-state index contributed by atoms with van der Waals surface area (Å²) in [6.07, 6.45) is 0.549. The lowest BCUT2D eigenvalue weighted by molar-refractivity contribution is -0.134. The Bertz CT molecular complexity index is 906. The largest absolute Gasteiger partial charge is 0.339 e. The van der Waals surface area contributed by atoms with E-state index in [2.05, 4.69) is 4.90 Å². The Hall–Kier alpha value is -2.22. The lowest BCUT2D eigenvalue weighted by Crippen LogP contribution is -2.53. The molecule has 2 aromatic rings. The standard InChI is InChI=1S/C22H29N3O3S/c1-2-29(27,28)20-10-8-19(9-11-20)17-24-12-14-25(15-13-24)22(26)21(23)16-18-6-4-3-5-7-18/h3-11,21H,2,12-17,23H2,1H3/t21-/m0/s1. The number of carbonyl (C=O) groups is 1. The number of piperazine rings is 1. The first-order valence-corrected chi connectivity index (χ1v) is 11.7. The van der Waals surface area contributed by atoms with E-state index in [-0.39, 0.29) is 11.7 Å². The second-order valence-corrected chi connectivity index (χ2v) is 9.72. The third kappa shape index (κ3) is 5.65. The molecule has 1 amide bonds. The fourth-order valence-electron chi connectivity index (χ4n) is 3.54. The van der Waals surface area contributed by atoms with E-state index in [0.29, 0.717) is 24.4 Å². The van der Waals surface area contributed by atoms with E-state index in [9.17, 15) is 13.2 Å². The van der Waals surface area contributed by atoms with Gasteiger partial charge in [0.2, 0.25) is 5.91 Å². The quantitative estimate of drug-likeness (QED) is 0.744. The van der Waals surface area contributed by atoms with E-state index >= 15 is 0 Å². The number of nitrogens with two attached hydrogens (primary N) is 1. The maximum atomic E-state index is 12.7. The van der Waals surface area contributed by atoms with Crippen molar-refractivity contribution in [2.24, 2.45) is 5.73 Å². The highest BCUT2D eigenvalue weighted by Gasteiger charge is 2.25. The first kappa shape index (κ1) is 21.5. The molecule has 1 atom stereocenters. The SMILES string of the molecule is CCS(=O)(=O)c1ccc(CN2CCN(C(=O)[C@@H](N)Cc3ccccc3)CC2)cc1. The van der Waals surface area contributed by atoms with Crippen LogP contribution in [0.3, 0.4) is 0 Å². The van der Waals surface area contributed by atoms with Crippen molar-refractivity contribution < 1.29 is 13.2 Å². The van der Waals surface area contributed by atoms with Gasteiger partial charge in [-0.3, -0.25) is 9.69 Å². The summed E-state index contributed by atoms with van der Waals surface area (Å²) in [7, 11) is -3.17. The van der Waals surface area contributed by atoms with Gasteiger partial charge in [-0.15, -0.1) is 0 Å². The van der Waals surface area contributed by atoms with E-state index < -0.39 is 15.9 Å². The van der Waals surface area contributed by atoms with Crippen LogP contribution < -0.4 is 5.73 Å². The average Bonchev–Trinajstić information content (AvgIpc) is 2.75. The Morgan fingerprint density at radius 1 is 0.966 bits per heavy atom. The van der Waals surface area contributed by atoms with Gasteiger partial charge >= 0.3 is 0 Å². The molecular weight excluding hydrogens is 386 g/mol. The zero-order valence-corrected chi connectivity index (χ0v) is 17.6. The lowest BCUT2D eigenvalue weighted by atomic mass is 10.1. The second kappa shape index (κ2) is 9.52. The van der Waals surface area contributed by atoms with Crippen molar-refractivity contribution in [3.05, 3.63) is 65.7 Å². The van der Waals surface area contributed by atoms with E-state index in [1.54, 1.807) is 19.1 Å². The molecule has 1 aliphatic rings. The number of rotatable bonds is 7. The van der Waals surface area contributed by atoms with Crippen LogP contribution in [0, 0.1) is 0 Å². The molecule has 6 nitrogen and oxygen atoms in total. The van der Waals surface area contributed by atoms with Gasteiger partial charge in [-0.25, -0.2) is 8.42 Å². The van der Waals surface area contributed by atoms with E-state index in [4.69, 9.17) is 5.73 Å². The molecule has 0 aromatic heterocycles. The van der Waals surface area contributed by atoms with Crippen LogP contribution in [-0.4, -0.2) is 62.1 Å². The highest BCUT2D eigenvalue weighted by atomic mass is 32.2. The molecule has 0 spiro atoms. The van der Waals surface area contributed by atoms with Crippen molar-refractivity contribution in [2.75, 3.05) is 31.9 Å². The first-order valence-electron chi connectivity index (χ1n) is 10.0. The molecule has 2 N–H and O–H groups in total. The minimum Gasteiger partial charge on any atom is -0.339 e. The molecular formula is C22H29N3O3S. The molecule has 3 rings (SSSR count). The van der Waals surface area contributed by atoms with Crippen molar-refractivity contribution in [1.82, 2.24) is 9.80 Å². The third-order valence-corrected chi connectivity index (χ3v) is 7.12. The van der Waals surface area contributed by atoms with Crippen LogP contribution in [0.25, 0.3) is 0 Å². The Labute approximate surface area is 173 Å². The molecule has 0 radical (unpaired) electrons. The highest BCUT2D eigenvalue weighted by molar-refractivity contribution is 7.91. The summed E-state index contributed by atoms with van der Waals surface area (Å²) >= 11 is 0. The van der Waals surface area contributed by atoms with Gasteiger partial charge in [0, 0.05) is 32.7 Å². The van der Waals surface area contributed by atoms with Crippen LogP contribution in [0.5, 0.6) is 0 Å². The summed E-state index contributed by atoms with van der Waals surface area (Å²) in [5.41, 5.74) is 8.29. The van der Waals surface area contributed by atoms with Crippen LogP contribution in [0.4, 0.5) is 0 Å². The van der Waals surface area contributed by atoms with Crippen LogP contribution in [0.1, 0.15) is 18.1 Å². The van der Waals surface area contributed by atoms with Gasteiger partial charge in [-0.2, -0.15) is 0 Å². The molecule has 7 heteroatoms. The fourth-order valence-corrected chi connectivity index (χ4v) is 4.43. The molecule has 0 aliphatic carbocycles. The topological polar surface area (TPSA) is 83.7 Å². The number of sulfone groups is 1. The van der Waals surface area contributed by atoms with Crippen LogP contribution in [-0.2, 0) is 27.6 Å². The van der Waals surface area contributed by atoms with Gasteiger partial charge in [0.05, 0.1) is 16.7 Å². The monoisotopic (exact) mass is 415 g/mol. The molecule has 1 saturated heterocycles. The highest BCUT2D eigenvalue weighted by Crippen LogP contribution is 2.15. The first-order chi connectivity index (χ1) is 13.9. The van der Waals surface area contributed by atoms with Gasteiger partial charge in [0.15, 0.2) is 9.84 Å². The van der Waals surface area contributed by atoms with Crippen molar-refractivity contribution >= 4 is 15.7 Å². The van der Waals surface area contributed by atoms with E-state index in [1.165, 1.54) is 0 Å². The van der Waals surface area contributed by atoms with Crippen molar-refractivity contribution in [3.8, 4) is 0 Å². The number of amides is 1. The molecule has 0 saturated carbocycles. The minimum atomic E-state index is -3.17. The van der Waals surface area contributed by atoms with E-state index in [0.717, 1.165) is 30.8 Å². The summed E-state index contributed by atoms with van der Waals surface area (Å²) in [5, 5.41) is 0. The number of nitrogens with zero attached hydrogens (tertiary/aromatic N) is 2. The van der Waals surface area contributed by atoms with E-state index in [1.807, 2.05) is 47.4 Å². The summed E-state index contributed by atoms with van der Waals surface area (Å²) in [5.74, 6) is 0.108. The molecule has 29 heavy (non-hydrogen) atoms. The Morgan fingerprint density at radius 2 is 1.59 bits per heavy atom. The average molecular weight is 416 g/mol. The van der Waals surface area contributed by atoms with Crippen molar-refractivity contribution in [2.45, 2.75) is 30.8 Å². The van der Waals surface area contributed by atoms with Gasteiger partial charge in [-0.1, -0.05) is 49.4 Å². The Balaban J connectivity index is 1.49. The van der Waals surface area contributed by atoms with Gasteiger partial charge in [0.25, 0.3) is 0 Å². The summed E-state index contributed by atoms with van der Waals surface area (Å²) in [4.78, 5) is 17.1. The second-order valence-electron chi connectivity index (χ2n) is 7.45. The summed E-state index contributed by atoms with van der Waals surface area (Å²) in [6, 6.07) is 16.4. The fraction of sp³-hybridized carbons (Fsp3) is 0.409. The van der Waals surface area contributed by atoms with Crippen molar-refractivity contribution in [3.63, 3.8) is 0 Å². The molecule has 156 valence electrons. The summed E-state index contributed by atoms with van der Waals surface area (Å²) < 4.78 is 23.8. The van der Waals surface area contributed by atoms with Gasteiger partial charge < -0.3 is 10.6 Å². The molecule has 0 unspecified atom stereocenters. The van der Waals surface area contributed by atoms with Gasteiger partial charge in [-0.05, 0) is 29.7 Å². The molecule has 1 aliphatic heterocycles. The summed E-state index contributed by atoms with van der Waals surface area (Å²) in [6.45, 7) is 5.26. The molecule has 0 bridgehead atoms. The maximum absolute atomic E-state index is 12.7. The van der Waals surface area contributed by atoms with Crippen molar-refractivity contribution in [1.29, 1.82) is 0 Å². The molecule has 1 heterocycles. The number of benzene rings is 2. The zero-order valence-electron chi connectivity index (χ0n) is 16.8. The number of carbonyl (C=O) groups excluding carboxylic acids is 1. The minimum absolute atomic E-state index is 0.00243. The lowest BCUT2D eigenvalue weighted by Gasteiger charge is -2.36. The van der Waals surface area contributed by atoms with Crippen LogP contribution in [0.15, 0.2) is 59.5 Å².